The number of ether oxygens (including phenoxy) is 1. The van der Waals surface area contributed by atoms with Crippen LogP contribution in [0.5, 0.6) is 0 Å². The van der Waals surface area contributed by atoms with Crippen LogP contribution in [0, 0.1) is 0 Å². The van der Waals surface area contributed by atoms with Crippen LogP contribution in [0.1, 0.15) is 20.8 Å². The highest BCUT2D eigenvalue weighted by Crippen LogP contribution is 2.17. The minimum atomic E-state index is -0.506. The minimum absolute atomic E-state index is 0.482. The molecule has 0 aliphatic heterocycles. The third kappa shape index (κ3) is 2.96. The zero-order chi connectivity index (χ0) is 12.5. The number of H-pyrrole nitrogens is 1. The maximum Gasteiger partial charge on any atom is 0.413 e. The van der Waals surface area contributed by atoms with E-state index in [9.17, 15) is 4.79 Å². The number of aromatic amines is 1. The average molecular weight is 233 g/mol. The lowest BCUT2D eigenvalue weighted by molar-refractivity contribution is 0.0635. The van der Waals surface area contributed by atoms with Crippen LogP contribution in [0.2, 0.25) is 0 Å². The van der Waals surface area contributed by atoms with Gasteiger partial charge in [-0.1, -0.05) is 0 Å². The van der Waals surface area contributed by atoms with E-state index in [0.717, 1.165) is 11.0 Å². The number of amides is 1. The van der Waals surface area contributed by atoms with Crippen LogP contribution in [-0.2, 0) is 4.74 Å². The van der Waals surface area contributed by atoms with Crippen molar-refractivity contribution in [2.45, 2.75) is 26.4 Å². The summed E-state index contributed by atoms with van der Waals surface area (Å²) in [5.74, 6) is 0.577. The topological polar surface area (TPSA) is 67.0 Å². The molecule has 0 saturated carbocycles. The number of anilines is 1. The first-order valence-electron chi connectivity index (χ1n) is 5.38. The molecule has 0 fully saturated rings. The molecule has 5 heteroatoms. The molecule has 0 aromatic carbocycles. The summed E-state index contributed by atoms with van der Waals surface area (Å²) < 4.78 is 5.15. The molecular formula is C12H15N3O2. The Morgan fingerprint density at radius 2 is 2.24 bits per heavy atom. The second-order valence-electron chi connectivity index (χ2n) is 4.75. The summed E-state index contributed by atoms with van der Waals surface area (Å²) in [6.45, 7) is 5.46. The van der Waals surface area contributed by atoms with Crippen molar-refractivity contribution >= 4 is 22.9 Å². The first-order valence-corrected chi connectivity index (χ1v) is 5.38. The Labute approximate surface area is 99.2 Å². The van der Waals surface area contributed by atoms with E-state index in [2.05, 4.69) is 15.3 Å². The van der Waals surface area contributed by atoms with Gasteiger partial charge in [0.15, 0.2) is 0 Å². The van der Waals surface area contributed by atoms with Gasteiger partial charge in [0.1, 0.15) is 17.1 Å². The number of nitrogens with one attached hydrogen (secondary N) is 2. The van der Waals surface area contributed by atoms with Gasteiger partial charge >= 0.3 is 6.09 Å². The molecule has 17 heavy (non-hydrogen) atoms. The Kier molecular flexibility index (Phi) is 2.75. The number of carbonyl (C=O) groups is 1. The fraction of sp³-hybridized carbons (Fsp3) is 0.333. The van der Waals surface area contributed by atoms with Gasteiger partial charge in [0.2, 0.25) is 0 Å². The van der Waals surface area contributed by atoms with Gasteiger partial charge in [0.05, 0.1) is 0 Å². The molecule has 0 saturated heterocycles. The first kappa shape index (κ1) is 11.4. The van der Waals surface area contributed by atoms with Crippen molar-refractivity contribution in [3.05, 3.63) is 24.4 Å². The van der Waals surface area contributed by atoms with Crippen LogP contribution in [0.3, 0.4) is 0 Å². The Morgan fingerprint density at radius 3 is 2.88 bits per heavy atom. The fourth-order valence-electron chi connectivity index (χ4n) is 1.44. The van der Waals surface area contributed by atoms with Gasteiger partial charge in [-0.25, -0.2) is 9.78 Å². The highest BCUT2D eigenvalue weighted by molar-refractivity contribution is 5.89. The second kappa shape index (κ2) is 4.08. The van der Waals surface area contributed by atoms with Gasteiger partial charge < -0.3 is 9.72 Å². The molecule has 0 bridgehead atoms. The molecule has 0 unspecified atom stereocenters. The lowest BCUT2D eigenvalue weighted by Crippen LogP contribution is -2.27. The van der Waals surface area contributed by atoms with Gasteiger partial charge in [0.25, 0.3) is 0 Å². The molecule has 2 N–H and O–H groups in total. The van der Waals surface area contributed by atoms with Crippen molar-refractivity contribution in [1.82, 2.24) is 9.97 Å². The van der Waals surface area contributed by atoms with Crippen molar-refractivity contribution in [2.75, 3.05) is 5.32 Å². The van der Waals surface area contributed by atoms with E-state index in [1.54, 1.807) is 6.20 Å². The van der Waals surface area contributed by atoms with Crippen LogP contribution in [0.15, 0.2) is 24.4 Å². The van der Waals surface area contributed by atoms with Crippen LogP contribution in [-0.4, -0.2) is 21.7 Å². The van der Waals surface area contributed by atoms with Gasteiger partial charge in [-0.05, 0) is 39.0 Å². The van der Waals surface area contributed by atoms with E-state index < -0.39 is 11.7 Å². The van der Waals surface area contributed by atoms with Crippen LogP contribution >= 0.6 is 0 Å². The van der Waals surface area contributed by atoms with Crippen LogP contribution in [0.4, 0.5) is 10.6 Å². The summed E-state index contributed by atoms with van der Waals surface area (Å²) in [5, 5.41) is 3.57. The number of aromatic nitrogens is 2. The molecular weight excluding hydrogens is 218 g/mol. The summed E-state index contributed by atoms with van der Waals surface area (Å²) in [6, 6.07) is 5.57. The molecule has 5 nitrogen and oxygen atoms in total. The number of pyridine rings is 1. The van der Waals surface area contributed by atoms with Crippen molar-refractivity contribution in [2.24, 2.45) is 0 Å². The normalized spacial score (nSPS) is 11.5. The van der Waals surface area contributed by atoms with E-state index >= 15 is 0 Å². The Hall–Kier alpha value is -2.04. The molecule has 2 aromatic heterocycles. The summed E-state index contributed by atoms with van der Waals surface area (Å²) in [5.41, 5.74) is 0.229. The quantitative estimate of drug-likeness (QED) is 0.795. The maximum absolute atomic E-state index is 11.5. The van der Waals surface area contributed by atoms with Crippen molar-refractivity contribution in [3.8, 4) is 0 Å². The number of nitrogens with zero attached hydrogens (tertiary/aromatic N) is 1. The van der Waals surface area contributed by atoms with Gasteiger partial charge in [-0.3, -0.25) is 5.32 Å². The molecule has 0 atom stereocenters. The highest BCUT2D eigenvalue weighted by Gasteiger charge is 2.16. The Morgan fingerprint density at radius 1 is 1.47 bits per heavy atom. The molecule has 0 radical (unpaired) electrons. The zero-order valence-electron chi connectivity index (χ0n) is 10.1. The largest absolute Gasteiger partial charge is 0.444 e. The number of rotatable bonds is 1. The lowest BCUT2D eigenvalue weighted by Gasteiger charge is -2.19. The van der Waals surface area contributed by atoms with Crippen molar-refractivity contribution in [3.63, 3.8) is 0 Å². The lowest BCUT2D eigenvalue weighted by atomic mass is 10.2. The molecule has 2 aromatic rings. The van der Waals surface area contributed by atoms with E-state index in [1.807, 2.05) is 39.0 Å². The van der Waals surface area contributed by atoms with Crippen LogP contribution in [0.25, 0.3) is 11.0 Å². The maximum atomic E-state index is 11.5. The van der Waals surface area contributed by atoms with Gasteiger partial charge in [-0.2, -0.15) is 0 Å². The Balaban J connectivity index is 2.11. The number of hydrogen-bond donors (Lipinski definition) is 2. The standard InChI is InChI=1S/C12H15N3O2/c1-12(2,3)17-11(16)15-9-7-8-5-4-6-13-10(8)14-9/h4-7H,1-3H3,(H,13,14)(H,15,16). The highest BCUT2D eigenvalue weighted by atomic mass is 16.6. The molecule has 2 rings (SSSR count). The smallest absolute Gasteiger partial charge is 0.413 e. The van der Waals surface area contributed by atoms with Crippen molar-refractivity contribution in [1.29, 1.82) is 0 Å². The average Bonchev–Trinajstić information content (AvgIpc) is 2.55. The van der Waals surface area contributed by atoms with E-state index in [0.29, 0.717) is 5.82 Å². The minimum Gasteiger partial charge on any atom is -0.444 e. The van der Waals surface area contributed by atoms with Crippen molar-refractivity contribution < 1.29 is 9.53 Å². The zero-order valence-corrected chi connectivity index (χ0v) is 10.1. The summed E-state index contributed by atoms with van der Waals surface area (Å²) in [4.78, 5) is 18.7. The predicted molar refractivity (Wildman–Crippen MR) is 66.0 cm³/mol. The number of carbonyl (C=O) groups excluding carboxylic acids is 1. The molecule has 0 spiro atoms. The molecule has 0 aliphatic carbocycles. The summed E-state index contributed by atoms with van der Waals surface area (Å²) >= 11 is 0. The Bertz CT molecular complexity index is 507. The van der Waals surface area contributed by atoms with Gasteiger partial charge in [-0.15, -0.1) is 0 Å². The third-order valence-corrected chi connectivity index (χ3v) is 2.03. The summed E-state index contributed by atoms with van der Waals surface area (Å²) in [6.07, 6.45) is 1.21. The SMILES string of the molecule is CC(C)(C)OC(=O)Nc1cc2cccnc2[nH]1. The second-order valence-corrected chi connectivity index (χ2v) is 4.75. The number of hydrogen-bond acceptors (Lipinski definition) is 3. The molecule has 2 heterocycles. The molecule has 90 valence electrons. The summed E-state index contributed by atoms with van der Waals surface area (Å²) in [7, 11) is 0. The van der Waals surface area contributed by atoms with E-state index in [4.69, 9.17) is 4.74 Å². The predicted octanol–water partition coefficient (Wildman–Crippen LogP) is 2.91. The van der Waals surface area contributed by atoms with E-state index in [1.165, 1.54) is 0 Å². The molecule has 1 amide bonds. The van der Waals surface area contributed by atoms with Gasteiger partial charge in [0, 0.05) is 11.6 Å². The molecule has 0 aliphatic rings. The third-order valence-electron chi connectivity index (χ3n) is 2.03. The first-order chi connectivity index (χ1) is 7.94. The van der Waals surface area contributed by atoms with E-state index in [-0.39, 0.29) is 0 Å². The number of fused-ring (bicyclic) bond motifs is 1. The monoisotopic (exact) mass is 233 g/mol. The fourth-order valence-corrected chi connectivity index (χ4v) is 1.44. The van der Waals surface area contributed by atoms with Crippen LogP contribution < -0.4 is 5.32 Å².